The molecule has 162 valence electrons. The van der Waals surface area contributed by atoms with Gasteiger partial charge in [-0.05, 0) is 102 Å². The van der Waals surface area contributed by atoms with Gasteiger partial charge in [-0.3, -0.25) is 0 Å². The number of hydrogen-bond donors (Lipinski definition) is 0. The highest BCUT2D eigenvalue weighted by Crippen LogP contribution is 2.63. The van der Waals surface area contributed by atoms with E-state index in [1.165, 1.54) is 49.7 Å². The Morgan fingerprint density at radius 2 is 1.94 bits per heavy atom. The predicted octanol–water partition coefficient (Wildman–Crippen LogP) is 7.32. The lowest BCUT2D eigenvalue weighted by atomic mass is 9.54. The molecule has 0 aliphatic heterocycles. The van der Waals surface area contributed by atoms with Crippen molar-refractivity contribution in [2.24, 2.45) is 23.2 Å². The average molecular weight is 413 g/mol. The SMILES string of the molecule is C#CC[C@H]1CCC2C3CCc4cc(OCc5ccccc5)c(CC)cc4C3CC[C@@]21C. The molecule has 1 heteroatoms. The summed E-state index contributed by atoms with van der Waals surface area (Å²) in [6.07, 6.45) is 15.7. The van der Waals surface area contributed by atoms with Gasteiger partial charge >= 0.3 is 0 Å². The molecular formula is C30H36O. The summed E-state index contributed by atoms with van der Waals surface area (Å²) < 4.78 is 6.32. The molecule has 2 fully saturated rings. The van der Waals surface area contributed by atoms with E-state index >= 15 is 0 Å². The maximum atomic E-state index is 6.32. The van der Waals surface area contributed by atoms with Crippen molar-refractivity contribution >= 4 is 0 Å². The van der Waals surface area contributed by atoms with E-state index in [9.17, 15) is 0 Å². The first-order valence-corrected chi connectivity index (χ1v) is 12.4. The van der Waals surface area contributed by atoms with Gasteiger partial charge in [-0.2, -0.15) is 0 Å². The Labute approximate surface area is 188 Å². The summed E-state index contributed by atoms with van der Waals surface area (Å²) in [6.45, 7) is 5.48. The van der Waals surface area contributed by atoms with Crippen LogP contribution < -0.4 is 4.74 Å². The fourth-order valence-corrected chi connectivity index (χ4v) is 7.38. The topological polar surface area (TPSA) is 9.23 Å². The second kappa shape index (κ2) is 8.38. The predicted molar refractivity (Wildman–Crippen MR) is 128 cm³/mol. The Balaban J connectivity index is 1.39. The summed E-state index contributed by atoms with van der Waals surface area (Å²) in [4.78, 5) is 0. The van der Waals surface area contributed by atoms with Gasteiger partial charge in [-0.15, -0.1) is 12.3 Å². The first-order valence-electron chi connectivity index (χ1n) is 12.4. The molecule has 3 aliphatic carbocycles. The summed E-state index contributed by atoms with van der Waals surface area (Å²) in [7, 11) is 0. The van der Waals surface area contributed by atoms with Crippen molar-refractivity contribution in [2.75, 3.05) is 0 Å². The van der Waals surface area contributed by atoms with Crippen LogP contribution in [0.3, 0.4) is 0 Å². The molecular weight excluding hydrogens is 376 g/mol. The van der Waals surface area contributed by atoms with Crippen LogP contribution >= 0.6 is 0 Å². The Hall–Kier alpha value is -2.20. The minimum atomic E-state index is 0.470. The fourth-order valence-electron chi connectivity index (χ4n) is 7.38. The Kier molecular flexibility index (Phi) is 5.60. The van der Waals surface area contributed by atoms with Gasteiger partial charge in [0.25, 0.3) is 0 Å². The number of fused-ring (bicyclic) bond motifs is 5. The van der Waals surface area contributed by atoms with Crippen LogP contribution in [0.15, 0.2) is 42.5 Å². The third-order valence-electron chi connectivity index (χ3n) is 9.08. The van der Waals surface area contributed by atoms with Crippen LogP contribution in [0.5, 0.6) is 5.75 Å². The Morgan fingerprint density at radius 1 is 1.10 bits per heavy atom. The molecule has 0 heterocycles. The highest BCUT2D eigenvalue weighted by atomic mass is 16.5. The first kappa shape index (κ1) is 20.7. The maximum Gasteiger partial charge on any atom is 0.123 e. The molecule has 5 atom stereocenters. The van der Waals surface area contributed by atoms with E-state index in [4.69, 9.17) is 11.2 Å². The Morgan fingerprint density at radius 3 is 2.71 bits per heavy atom. The second-order valence-corrected chi connectivity index (χ2v) is 10.4. The molecule has 3 aliphatic rings. The second-order valence-electron chi connectivity index (χ2n) is 10.4. The van der Waals surface area contributed by atoms with Gasteiger partial charge in [-0.25, -0.2) is 0 Å². The van der Waals surface area contributed by atoms with Gasteiger partial charge in [0.15, 0.2) is 0 Å². The summed E-state index contributed by atoms with van der Waals surface area (Å²) in [6, 6.07) is 15.4. The minimum absolute atomic E-state index is 0.470. The zero-order valence-corrected chi connectivity index (χ0v) is 19.2. The number of rotatable bonds is 5. The number of terminal acetylenes is 1. The van der Waals surface area contributed by atoms with E-state index in [0.717, 1.165) is 42.3 Å². The van der Waals surface area contributed by atoms with Gasteiger partial charge < -0.3 is 4.74 Å². The van der Waals surface area contributed by atoms with Crippen molar-refractivity contribution in [3.05, 3.63) is 64.7 Å². The third-order valence-corrected chi connectivity index (χ3v) is 9.08. The van der Waals surface area contributed by atoms with Crippen molar-refractivity contribution in [1.82, 2.24) is 0 Å². The molecule has 5 rings (SSSR count). The lowest BCUT2D eigenvalue weighted by Crippen LogP contribution is -2.42. The maximum absolute atomic E-state index is 6.32. The molecule has 2 aromatic rings. The molecule has 3 unspecified atom stereocenters. The van der Waals surface area contributed by atoms with Crippen molar-refractivity contribution in [3.63, 3.8) is 0 Å². The molecule has 0 bridgehead atoms. The highest BCUT2D eigenvalue weighted by molar-refractivity contribution is 5.46. The van der Waals surface area contributed by atoms with Gasteiger partial charge in [0.1, 0.15) is 12.4 Å². The third kappa shape index (κ3) is 3.59. The lowest BCUT2D eigenvalue weighted by Gasteiger charge is -2.51. The van der Waals surface area contributed by atoms with Gasteiger partial charge in [0, 0.05) is 6.42 Å². The molecule has 0 N–H and O–H groups in total. The number of aryl methyl sites for hydroxylation is 2. The molecule has 2 aromatic carbocycles. The highest BCUT2D eigenvalue weighted by Gasteiger charge is 2.54. The first-order chi connectivity index (χ1) is 15.1. The summed E-state index contributed by atoms with van der Waals surface area (Å²) in [5.41, 5.74) is 6.26. The van der Waals surface area contributed by atoms with Crippen LogP contribution in [0, 0.1) is 35.5 Å². The van der Waals surface area contributed by atoms with E-state index < -0.39 is 0 Å². The fraction of sp³-hybridized carbons (Fsp3) is 0.533. The molecule has 0 spiro atoms. The van der Waals surface area contributed by atoms with Gasteiger partial charge in [-0.1, -0.05) is 50.2 Å². The molecule has 0 aromatic heterocycles. The molecule has 0 amide bonds. The molecule has 1 nitrogen and oxygen atoms in total. The van der Waals surface area contributed by atoms with Gasteiger partial charge in [0.2, 0.25) is 0 Å². The minimum Gasteiger partial charge on any atom is -0.489 e. The van der Waals surface area contributed by atoms with Crippen LogP contribution in [0.4, 0.5) is 0 Å². The molecule has 2 saturated carbocycles. The summed E-state index contributed by atoms with van der Waals surface area (Å²) in [5, 5.41) is 0. The van der Waals surface area contributed by atoms with Crippen LogP contribution in [0.2, 0.25) is 0 Å². The van der Waals surface area contributed by atoms with Crippen LogP contribution in [-0.2, 0) is 19.4 Å². The summed E-state index contributed by atoms with van der Waals surface area (Å²) >= 11 is 0. The van der Waals surface area contributed by atoms with Crippen LogP contribution in [0.25, 0.3) is 0 Å². The number of ether oxygens (including phenoxy) is 1. The smallest absolute Gasteiger partial charge is 0.123 e. The molecule has 0 saturated heterocycles. The van der Waals surface area contributed by atoms with Crippen molar-refractivity contribution in [3.8, 4) is 18.1 Å². The van der Waals surface area contributed by atoms with E-state index in [2.05, 4.69) is 62.2 Å². The monoisotopic (exact) mass is 412 g/mol. The van der Waals surface area contributed by atoms with Crippen molar-refractivity contribution < 1.29 is 4.74 Å². The van der Waals surface area contributed by atoms with E-state index in [0.29, 0.717) is 12.0 Å². The Bertz CT molecular complexity index is 968. The molecule has 31 heavy (non-hydrogen) atoms. The average Bonchev–Trinajstić information content (AvgIpc) is 3.14. The van der Waals surface area contributed by atoms with E-state index in [1.807, 2.05) is 0 Å². The standard InChI is InChI=1S/C30H36O/c1-4-9-24-13-15-28-26-14-12-23-19-29(31-20-21-10-7-6-8-11-21)22(5-2)18-27(23)25(26)16-17-30(24,28)3/h1,6-8,10-11,18-19,24-26,28H,5,9,12-17,20H2,2-3H3/t24-,25?,26?,28?,30+/m0/s1. The number of hydrogen-bond acceptors (Lipinski definition) is 1. The quantitative estimate of drug-likeness (QED) is 0.467. The van der Waals surface area contributed by atoms with Gasteiger partial charge in [0.05, 0.1) is 0 Å². The normalized spacial score (nSPS) is 31.3. The lowest BCUT2D eigenvalue weighted by molar-refractivity contribution is 0.0298. The number of benzene rings is 2. The zero-order chi connectivity index (χ0) is 21.4. The van der Waals surface area contributed by atoms with E-state index in [-0.39, 0.29) is 0 Å². The van der Waals surface area contributed by atoms with Crippen molar-refractivity contribution in [1.29, 1.82) is 0 Å². The van der Waals surface area contributed by atoms with E-state index in [1.54, 1.807) is 11.1 Å². The summed E-state index contributed by atoms with van der Waals surface area (Å²) in [5.74, 6) is 7.26. The van der Waals surface area contributed by atoms with Crippen molar-refractivity contribution in [2.45, 2.75) is 77.7 Å². The zero-order valence-electron chi connectivity index (χ0n) is 19.2. The van der Waals surface area contributed by atoms with Crippen LogP contribution in [0.1, 0.15) is 80.5 Å². The largest absolute Gasteiger partial charge is 0.489 e. The van der Waals surface area contributed by atoms with Crippen LogP contribution in [-0.4, -0.2) is 0 Å². The molecule has 0 radical (unpaired) electrons.